The number of ether oxygens (including phenoxy) is 1. The number of benzene rings is 1. The molecule has 0 bridgehead atoms. The Morgan fingerprint density at radius 3 is 2.74 bits per heavy atom. The Kier molecular flexibility index (Phi) is 3.33. The first-order chi connectivity index (χ1) is 8.95. The molecule has 0 fully saturated rings. The molecule has 0 radical (unpaired) electrons. The molecule has 6 heteroatoms. The van der Waals surface area contributed by atoms with Gasteiger partial charge < -0.3 is 4.74 Å². The maximum Gasteiger partial charge on any atom is 0.313 e. The topological polar surface area (TPSA) is 74.1 Å². The fourth-order valence-corrected chi connectivity index (χ4v) is 1.84. The van der Waals surface area contributed by atoms with Gasteiger partial charge in [-0.05, 0) is 26.0 Å². The second-order valence-electron chi connectivity index (χ2n) is 4.94. The number of rotatable bonds is 3. The molecule has 0 N–H and O–H groups in total. The Morgan fingerprint density at radius 2 is 2.05 bits per heavy atom. The van der Waals surface area contributed by atoms with E-state index in [2.05, 4.69) is 10.3 Å². The zero-order chi connectivity index (χ0) is 14.0. The molecule has 2 aromatic rings. The number of nitrogens with zero attached hydrogens (tertiary/aromatic N) is 3. The maximum absolute atomic E-state index is 12.2. The van der Waals surface area contributed by atoms with Gasteiger partial charge in [-0.3, -0.25) is 9.59 Å². The van der Waals surface area contributed by atoms with Crippen LogP contribution in [0.1, 0.15) is 13.8 Å². The number of methoxy groups -OCH3 is 1. The lowest BCUT2D eigenvalue weighted by atomic mass is 9.94. The van der Waals surface area contributed by atoms with Crippen LogP contribution in [0.3, 0.4) is 0 Å². The second kappa shape index (κ2) is 4.79. The molecule has 0 spiro atoms. The Balaban J connectivity index is 2.45. The van der Waals surface area contributed by atoms with Crippen molar-refractivity contribution in [3.05, 3.63) is 34.6 Å². The number of carbonyl (C=O) groups excluding carboxylic acids is 1. The summed E-state index contributed by atoms with van der Waals surface area (Å²) in [6.45, 7) is 3.51. The van der Waals surface area contributed by atoms with Crippen molar-refractivity contribution >= 4 is 16.9 Å². The number of esters is 1. The minimum atomic E-state index is -0.838. The lowest BCUT2D eigenvalue weighted by Crippen LogP contribution is -2.36. The van der Waals surface area contributed by atoms with Crippen molar-refractivity contribution in [3.8, 4) is 0 Å². The highest BCUT2D eigenvalue weighted by Gasteiger charge is 2.30. The third kappa shape index (κ3) is 2.47. The van der Waals surface area contributed by atoms with Crippen molar-refractivity contribution in [3.63, 3.8) is 0 Å². The van der Waals surface area contributed by atoms with Crippen LogP contribution in [0.5, 0.6) is 0 Å². The van der Waals surface area contributed by atoms with E-state index in [0.29, 0.717) is 10.9 Å². The van der Waals surface area contributed by atoms with Gasteiger partial charge in [-0.15, -0.1) is 5.10 Å². The van der Waals surface area contributed by atoms with E-state index in [-0.39, 0.29) is 12.1 Å². The Hall–Kier alpha value is -2.24. The average Bonchev–Trinajstić information content (AvgIpc) is 2.41. The summed E-state index contributed by atoms with van der Waals surface area (Å²) in [5.41, 5.74) is -0.558. The third-order valence-electron chi connectivity index (χ3n) is 2.91. The summed E-state index contributed by atoms with van der Waals surface area (Å²) < 4.78 is 5.91. The average molecular weight is 261 g/mol. The third-order valence-corrected chi connectivity index (χ3v) is 2.91. The molecule has 0 aliphatic heterocycles. The summed E-state index contributed by atoms with van der Waals surface area (Å²) in [4.78, 5) is 23.9. The van der Waals surface area contributed by atoms with Crippen LogP contribution >= 0.6 is 0 Å². The Morgan fingerprint density at radius 1 is 1.37 bits per heavy atom. The number of aromatic nitrogens is 3. The summed E-state index contributed by atoms with van der Waals surface area (Å²) in [6, 6.07) is 6.97. The van der Waals surface area contributed by atoms with Gasteiger partial charge in [0.2, 0.25) is 0 Å². The Bertz CT molecular complexity index is 676. The van der Waals surface area contributed by atoms with Crippen LogP contribution in [0.2, 0.25) is 0 Å². The minimum Gasteiger partial charge on any atom is -0.469 e. The fourth-order valence-electron chi connectivity index (χ4n) is 1.84. The zero-order valence-electron chi connectivity index (χ0n) is 11.1. The van der Waals surface area contributed by atoms with Gasteiger partial charge in [0.15, 0.2) is 0 Å². The number of hydrogen-bond donors (Lipinski definition) is 0. The standard InChI is InChI=1S/C13H15N3O3/c1-13(2,12(18)19-3)8-16-11(17)9-6-4-5-7-10(9)14-15-16/h4-7H,8H2,1-3H3. The van der Waals surface area contributed by atoms with Crippen molar-refractivity contribution in [1.82, 2.24) is 15.0 Å². The molecular weight excluding hydrogens is 246 g/mol. The molecule has 0 atom stereocenters. The normalized spacial score (nSPS) is 11.5. The monoisotopic (exact) mass is 261 g/mol. The van der Waals surface area contributed by atoms with E-state index in [1.54, 1.807) is 38.1 Å². The number of hydrogen-bond acceptors (Lipinski definition) is 5. The van der Waals surface area contributed by atoms with Gasteiger partial charge in [0.25, 0.3) is 5.56 Å². The molecule has 0 aliphatic rings. The second-order valence-corrected chi connectivity index (χ2v) is 4.94. The van der Waals surface area contributed by atoms with Crippen molar-refractivity contribution in [1.29, 1.82) is 0 Å². The van der Waals surface area contributed by atoms with Gasteiger partial charge in [-0.2, -0.15) is 0 Å². The lowest BCUT2D eigenvalue weighted by Gasteiger charge is -2.21. The highest BCUT2D eigenvalue weighted by molar-refractivity contribution is 5.77. The highest BCUT2D eigenvalue weighted by Crippen LogP contribution is 2.18. The predicted octanol–water partition coefficient (Wildman–Crippen LogP) is 0.991. The quantitative estimate of drug-likeness (QED) is 0.770. The van der Waals surface area contributed by atoms with E-state index in [9.17, 15) is 9.59 Å². The molecule has 100 valence electrons. The van der Waals surface area contributed by atoms with Crippen molar-refractivity contribution < 1.29 is 9.53 Å². The van der Waals surface area contributed by atoms with Crippen LogP contribution < -0.4 is 5.56 Å². The van der Waals surface area contributed by atoms with Crippen LogP contribution in [-0.4, -0.2) is 28.1 Å². The number of carbonyl (C=O) groups is 1. The van der Waals surface area contributed by atoms with Crippen LogP contribution in [0.15, 0.2) is 29.1 Å². The summed E-state index contributed by atoms with van der Waals surface area (Å²) in [5.74, 6) is -0.394. The van der Waals surface area contributed by atoms with Gasteiger partial charge in [-0.1, -0.05) is 17.3 Å². The largest absolute Gasteiger partial charge is 0.469 e. The molecule has 19 heavy (non-hydrogen) atoms. The van der Waals surface area contributed by atoms with Gasteiger partial charge in [0.05, 0.1) is 24.5 Å². The first-order valence-corrected chi connectivity index (χ1v) is 5.86. The highest BCUT2D eigenvalue weighted by atomic mass is 16.5. The van der Waals surface area contributed by atoms with Gasteiger partial charge in [0, 0.05) is 0 Å². The molecule has 0 saturated heterocycles. The molecule has 1 aromatic heterocycles. The smallest absolute Gasteiger partial charge is 0.313 e. The summed E-state index contributed by atoms with van der Waals surface area (Å²) in [7, 11) is 1.32. The maximum atomic E-state index is 12.2. The van der Waals surface area contributed by atoms with E-state index in [4.69, 9.17) is 4.74 Å². The van der Waals surface area contributed by atoms with Gasteiger partial charge >= 0.3 is 5.97 Å². The molecular formula is C13H15N3O3. The molecule has 1 heterocycles. The number of fused-ring (bicyclic) bond motifs is 1. The minimum absolute atomic E-state index is 0.121. The van der Waals surface area contributed by atoms with E-state index in [1.165, 1.54) is 11.8 Å². The van der Waals surface area contributed by atoms with Gasteiger partial charge in [0.1, 0.15) is 5.52 Å². The lowest BCUT2D eigenvalue weighted by molar-refractivity contribution is -0.151. The summed E-state index contributed by atoms with van der Waals surface area (Å²) in [5, 5.41) is 8.31. The first kappa shape index (κ1) is 13.2. The molecule has 1 aromatic carbocycles. The fraction of sp³-hybridized carbons (Fsp3) is 0.385. The predicted molar refractivity (Wildman–Crippen MR) is 69.6 cm³/mol. The van der Waals surface area contributed by atoms with Crippen molar-refractivity contribution in [2.75, 3.05) is 7.11 Å². The van der Waals surface area contributed by atoms with E-state index in [1.807, 2.05) is 0 Å². The molecule has 2 rings (SSSR count). The van der Waals surface area contributed by atoms with E-state index in [0.717, 1.165) is 0 Å². The van der Waals surface area contributed by atoms with Crippen molar-refractivity contribution in [2.45, 2.75) is 20.4 Å². The van der Waals surface area contributed by atoms with Crippen LogP contribution in [0.25, 0.3) is 10.9 Å². The van der Waals surface area contributed by atoms with Crippen LogP contribution in [0.4, 0.5) is 0 Å². The van der Waals surface area contributed by atoms with Crippen LogP contribution in [-0.2, 0) is 16.1 Å². The molecule has 0 unspecified atom stereocenters. The SMILES string of the molecule is COC(=O)C(C)(C)Cn1nnc2ccccc2c1=O. The Labute approximate surface area is 110 Å². The van der Waals surface area contributed by atoms with E-state index >= 15 is 0 Å². The molecule has 0 saturated carbocycles. The summed E-state index contributed by atoms with van der Waals surface area (Å²) >= 11 is 0. The van der Waals surface area contributed by atoms with Gasteiger partial charge in [-0.25, -0.2) is 4.68 Å². The molecule has 0 aliphatic carbocycles. The zero-order valence-corrected chi connectivity index (χ0v) is 11.1. The molecule has 6 nitrogen and oxygen atoms in total. The van der Waals surface area contributed by atoms with Crippen molar-refractivity contribution in [2.24, 2.45) is 5.41 Å². The first-order valence-electron chi connectivity index (χ1n) is 5.86. The molecule has 0 amide bonds. The van der Waals surface area contributed by atoms with Crippen LogP contribution in [0, 0.1) is 5.41 Å². The van der Waals surface area contributed by atoms with E-state index < -0.39 is 11.4 Å². The summed E-state index contributed by atoms with van der Waals surface area (Å²) in [6.07, 6.45) is 0.